The maximum atomic E-state index is 13.4. The van der Waals surface area contributed by atoms with Crippen molar-refractivity contribution < 1.29 is 19.3 Å². The normalized spacial score (nSPS) is 13.9. The molecule has 0 saturated carbocycles. The summed E-state index contributed by atoms with van der Waals surface area (Å²) >= 11 is 0. The SMILES string of the molecule is CC(C)N(Cc1nc2ccccc2c(=O)[nH]1)C(=O)C(C)N1C(=O)c2cccc([N+](=O)[O-])c2C1=O. The van der Waals surface area contributed by atoms with E-state index in [4.69, 9.17) is 0 Å². The number of H-pyrrole nitrogens is 1. The molecule has 1 unspecified atom stereocenters. The van der Waals surface area contributed by atoms with E-state index in [1.165, 1.54) is 24.0 Å². The van der Waals surface area contributed by atoms with Gasteiger partial charge in [-0.1, -0.05) is 18.2 Å². The Morgan fingerprint density at radius 1 is 1.09 bits per heavy atom. The zero-order valence-corrected chi connectivity index (χ0v) is 18.6. The Labute approximate surface area is 193 Å². The van der Waals surface area contributed by atoms with Gasteiger partial charge in [0.2, 0.25) is 5.91 Å². The number of hydrogen-bond acceptors (Lipinski definition) is 7. The molecule has 1 atom stereocenters. The quantitative estimate of drug-likeness (QED) is 0.335. The first-order valence-electron chi connectivity index (χ1n) is 10.6. The minimum absolute atomic E-state index is 0.0652. The first-order valence-corrected chi connectivity index (χ1v) is 10.6. The molecule has 2 aromatic carbocycles. The predicted octanol–water partition coefficient (Wildman–Crippen LogP) is 2.25. The number of benzene rings is 2. The largest absolute Gasteiger partial charge is 0.331 e. The van der Waals surface area contributed by atoms with Crippen molar-refractivity contribution in [1.29, 1.82) is 0 Å². The van der Waals surface area contributed by atoms with Crippen LogP contribution in [0.15, 0.2) is 47.3 Å². The Bertz CT molecular complexity index is 1410. The average Bonchev–Trinajstić information content (AvgIpc) is 3.06. The number of imide groups is 1. The molecule has 0 saturated heterocycles. The van der Waals surface area contributed by atoms with Crippen LogP contribution in [0.5, 0.6) is 0 Å². The van der Waals surface area contributed by atoms with Crippen LogP contribution >= 0.6 is 0 Å². The van der Waals surface area contributed by atoms with Gasteiger partial charge in [-0.2, -0.15) is 0 Å². The molecule has 174 valence electrons. The van der Waals surface area contributed by atoms with Crippen LogP contribution in [0.3, 0.4) is 0 Å². The maximum Gasteiger partial charge on any atom is 0.282 e. The summed E-state index contributed by atoms with van der Waals surface area (Å²) in [5, 5.41) is 11.8. The third-order valence-electron chi connectivity index (χ3n) is 5.75. The highest BCUT2D eigenvalue weighted by Gasteiger charge is 2.45. The number of rotatable bonds is 6. The van der Waals surface area contributed by atoms with Gasteiger partial charge in [0.15, 0.2) is 0 Å². The van der Waals surface area contributed by atoms with Crippen LogP contribution in [0.4, 0.5) is 5.69 Å². The van der Waals surface area contributed by atoms with Crippen LogP contribution in [0, 0.1) is 10.1 Å². The van der Waals surface area contributed by atoms with Gasteiger partial charge in [0.25, 0.3) is 23.1 Å². The minimum Gasteiger partial charge on any atom is -0.331 e. The minimum atomic E-state index is -1.23. The van der Waals surface area contributed by atoms with E-state index in [0.29, 0.717) is 10.9 Å². The molecular weight excluding hydrogens is 442 g/mol. The molecule has 11 nitrogen and oxygen atoms in total. The Kier molecular flexibility index (Phi) is 5.70. The van der Waals surface area contributed by atoms with Crippen molar-refractivity contribution in [2.45, 2.75) is 39.4 Å². The number of amides is 3. The number of carbonyl (C=O) groups excluding carboxylic acids is 3. The third-order valence-corrected chi connectivity index (χ3v) is 5.75. The molecule has 11 heteroatoms. The van der Waals surface area contributed by atoms with Gasteiger partial charge < -0.3 is 9.88 Å². The fourth-order valence-electron chi connectivity index (χ4n) is 4.03. The molecule has 0 aliphatic carbocycles. The number of nitrogens with one attached hydrogen (secondary N) is 1. The molecule has 0 fully saturated rings. The Morgan fingerprint density at radius 2 is 1.79 bits per heavy atom. The van der Waals surface area contributed by atoms with Crippen LogP contribution < -0.4 is 5.56 Å². The highest BCUT2D eigenvalue weighted by molar-refractivity contribution is 6.24. The number of fused-ring (bicyclic) bond motifs is 2. The number of nitro benzene ring substituents is 1. The van der Waals surface area contributed by atoms with Gasteiger partial charge >= 0.3 is 0 Å². The predicted molar refractivity (Wildman–Crippen MR) is 121 cm³/mol. The van der Waals surface area contributed by atoms with Gasteiger partial charge in [-0.3, -0.25) is 34.2 Å². The summed E-state index contributed by atoms with van der Waals surface area (Å²) < 4.78 is 0. The molecule has 4 rings (SSSR count). The number of carbonyl (C=O) groups is 3. The number of aromatic amines is 1. The van der Waals surface area contributed by atoms with Crippen molar-refractivity contribution >= 4 is 34.3 Å². The van der Waals surface area contributed by atoms with Gasteiger partial charge in [-0.25, -0.2) is 4.98 Å². The Balaban J connectivity index is 1.65. The molecule has 1 aliphatic rings. The van der Waals surface area contributed by atoms with Gasteiger partial charge in [0.05, 0.1) is 27.9 Å². The van der Waals surface area contributed by atoms with Crippen LogP contribution in [0.25, 0.3) is 10.9 Å². The summed E-state index contributed by atoms with van der Waals surface area (Å²) in [5.74, 6) is -1.99. The van der Waals surface area contributed by atoms with E-state index in [2.05, 4.69) is 9.97 Å². The molecule has 0 radical (unpaired) electrons. The van der Waals surface area contributed by atoms with Gasteiger partial charge in [-0.15, -0.1) is 0 Å². The third kappa shape index (κ3) is 3.70. The number of nitrogens with zero attached hydrogens (tertiary/aromatic N) is 4. The van der Waals surface area contributed by atoms with Crippen molar-refractivity contribution in [3.8, 4) is 0 Å². The zero-order valence-electron chi connectivity index (χ0n) is 18.6. The Morgan fingerprint density at radius 3 is 2.47 bits per heavy atom. The van der Waals surface area contributed by atoms with Crippen LogP contribution in [0.2, 0.25) is 0 Å². The van der Waals surface area contributed by atoms with Gasteiger partial charge in [-0.05, 0) is 39.0 Å². The lowest BCUT2D eigenvalue weighted by Gasteiger charge is -2.31. The molecular formula is C23H21N5O6. The molecule has 34 heavy (non-hydrogen) atoms. The summed E-state index contributed by atoms with van der Waals surface area (Å²) in [6, 6.07) is 8.97. The van der Waals surface area contributed by atoms with E-state index in [9.17, 15) is 29.3 Å². The first kappa shape index (κ1) is 22.8. The van der Waals surface area contributed by atoms with Crippen LogP contribution in [-0.4, -0.2) is 54.5 Å². The van der Waals surface area contributed by atoms with E-state index >= 15 is 0 Å². The lowest BCUT2D eigenvalue weighted by Crippen LogP contribution is -2.51. The average molecular weight is 463 g/mol. The molecule has 3 aromatic rings. The molecule has 1 aromatic heterocycles. The van der Waals surface area contributed by atoms with Crippen molar-refractivity contribution in [3.05, 3.63) is 79.9 Å². The van der Waals surface area contributed by atoms with Crippen molar-refractivity contribution in [1.82, 2.24) is 19.8 Å². The van der Waals surface area contributed by atoms with Crippen molar-refractivity contribution in [2.24, 2.45) is 0 Å². The summed E-state index contributed by atoms with van der Waals surface area (Å²) in [4.78, 5) is 71.6. The number of nitro groups is 1. The van der Waals surface area contributed by atoms with E-state index in [0.717, 1.165) is 11.0 Å². The highest BCUT2D eigenvalue weighted by Crippen LogP contribution is 2.32. The van der Waals surface area contributed by atoms with E-state index in [1.807, 2.05) is 0 Å². The smallest absolute Gasteiger partial charge is 0.282 e. The monoisotopic (exact) mass is 463 g/mol. The summed E-state index contributed by atoms with van der Waals surface area (Å²) in [5.41, 5.74) is -0.809. The second-order valence-electron chi connectivity index (χ2n) is 8.20. The number of hydrogen-bond donors (Lipinski definition) is 1. The second kappa shape index (κ2) is 8.50. The van der Waals surface area contributed by atoms with Crippen LogP contribution in [-0.2, 0) is 11.3 Å². The van der Waals surface area contributed by atoms with E-state index < -0.39 is 34.4 Å². The van der Waals surface area contributed by atoms with Gasteiger partial charge in [0.1, 0.15) is 17.4 Å². The van der Waals surface area contributed by atoms with E-state index in [-0.39, 0.29) is 35.1 Å². The van der Waals surface area contributed by atoms with Gasteiger partial charge in [0, 0.05) is 12.1 Å². The lowest BCUT2D eigenvalue weighted by atomic mass is 10.1. The molecule has 1 N–H and O–H groups in total. The topological polar surface area (TPSA) is 147 Å². The van der Waals surface area contributed by atoms with Crippen molar-refractivity contribution in [2.75, 3.05) is 0 Å². The maximum absolute atomic E-state index is 13.4. The number of para-hydroxylation sites is 1. The molecule has 3 amide bonds. The first-order chi connectivity index (χ1) is 16.1. The van der Waals surface area contributed by atoms with Crippen LogP contribution in [0.1, 0.15) is 47.3 Å². The fourth-order valence-corrected chi connectivity index (χ4v) is 4.03. The Hall–Kier alpha value is -4.41. The second-order valence-corrected chi connectivity index (χ2v) is 8.20. The summed E-state index contributed by atoms with van der Waals surface area (Å²) in [6.07, 6.45) is 0. The molecule has 0 spiro atoms. The highest BCUT2D eigenvalue weighted by atomic mass is 16.6. The zero-order chi connectivity index (χ0) is 24.7. The number of aromatic nitrogens is 2. The molecule has 0 bridgehead atoms. The summed E-state index contributed by atoms with van der Waals surface area (Å²) in [7, 11) is 0. The lowest BCUT2D eigenvalue weighted by molar-refractivity contribution is -0.385. The molecule has 2 heterocycles. The summed E-state index contributed by atoms with van der Waals surface area (Å²) in [6.45, 7) is 4.82. The molecule has 1 aliphatic heterocycles. The van der Waals surface area contributed by atoms with Crippen molar-refractivity contribution in [3.63, 3.8) is 0 Å². The standard InChI is InChI=1S/C23H21N5O6/c1-12(2)26(11-18-24-16-9-5-4-7-14(16)20(29)25-18)21(30)13(3)27-22(31)15-8-6-10-17(28(33)34)19(15)23(27)32/h4-10,12-13H,11H2,1-3H3,(H,24,25,29). The fraction of sp³-hybridized carbons (Fsp3) is 0.261. The van der Waals surface area contributed by atoms with E-state index in [1.54, 1.807) is 38.1 Å².